The third-order valence-electron chi connectivity index (χ3n) is 7.66. The second-order valence-electron chi connectivity index (χ2n) is 13.0. The van der Waals surface area contributed by atoms with Crippen molar-refractivity contribution in [2.45, 2.75) is 96.8 Å². The van der Waals surface area contributed by atoms with Crippen molar-refractivity contribution in [1.82, 2.24) is 29.5 Å². The third kappa shape index (κ3) is 7.42. The van der Waals surface area contributed by atoms with Gasteiger partial charge >= 0.3 is 0 Å². The van der Waals surface area contributed by atoms with E-state index in [9.17, 15) is 4.55 Å². The lowest BCUT2D eigenvalue weighted by Crippen LogP contribution is -2.41. The average Bonchev–Trinajstić information content (AvgIpc) is 3.34. The number of fused-ring (bicyclic) bond motifs is 1. The Balaban J connectivity index is 1.63. The number of nitrogens with zero attached hydrogens (tertiary/aromatic N) is 5. The molecule has 1 N–H and O–H groups in total. The Hall–Kier alpha value is -2.63. The molecule has 2 atom stereocenters. The molecule has 10 heteroatoms. The summed E-state index contributed by atoms with van der Waals surface area (Å²) in [6.07, 6.45) is 7.13. The minimum Gasteiger partial charge on any atom is -0.598 e. The highest BCUT2D eigenvalue weighted by atomic mass is 32.2. The normalized spacial score (nSPS) is 14.4. The molecule has 3 heterocycles. The first kappa shape index (κ1) is 31.3. The Morgan fingerprint density at radius 2 is 1.78 bits per heavy atom. The molecule has 4 aromatic rings. The second kappa shape index (κ2) is 12.3. The Kier molecular flexibility index (Phi) is 9.40. The number of aromatic nitrogens is 5. The molecular formula is C31H44N6O2SSi. The molecule has 0 unspecified atom stereocenters. The zero-order valence-electron chi connectivity index (χ0n) is 25.9. The molecule has 1 aromatic carbocycles. The zero-order chi connectivity index (χ0) is 30.0. The molecule has 0 aliphatic carbocycles. The first-order chi connectivity index (χ1) is 19.2. The van der Waals surface area contributed by atoms with Gasteiger partial charge in [0.15, 0.2) is 14.1 Å². The van der Waals surface area contributed by atoms with Crippen LogP contribution in [0.1, 0.15) is 78.7 Å². The van der Waals surface area contributed by atoms with E-state index >= 15 is 0 Å². The third-order valence-corrected chi connectivity index (χ3v) is 13.7. The predicted molar refractivity (Wildman–Crippen MR) is 171 cm³/mol. The molecule has 4 rings (SSSR count). The summed E-state index contributed by atoms with van der Waals surface area (Å²) in [5.41, 5.74) is 4.28. The number of nitrogens with one attached hydrogen (secondary N) is 1. The molecule has 3 aromatic heterocycles. The van der Waals surface area contributed by atoms with E-state index in [0.29, 0.717) is 6.61 Å². The van der Waals surface area contributed by atoms with Crippen molar-refractivity contribution in [2.24, 2.45) is 0 Å². The van der Waals surface area contributed by atoms with Gasteiger partial charge in [0.2, 0.25) is 0 Å². The van der Waals surface area contributed by atoms with Crippen LogP contribution in [0.15, 0.2) is 55.0 Å². The number of hydrogen-bond acceptors (Lipinski definition) is 7. The summed E-state index contributed by atoms with van der Waals surface area (Å²) >= 11 is -1.21. The average molecular weight is 593 g/mol. The lowest BCUT2D eigenvalue weighted by atomic mass is 10.1. The van der Waals surface area contributed by atoms with Gasteiger partial charge in [0.1, 0.15) is 4.75 Å². The maximum absolute atomic E-state index is 12.9. The standard InChI is InChI=1S/C31H44N6O2SSi/c1-10-12-25(36-40(38)30(2,3)4)27-20-32-19-26(35-27)22-15-16-23-18-33-37(28(23)17-22)29-14-11-13-24(34-29)21-39-41(8,9)31(5,6)7/h11,13-20,25,36H,10,12,21H2,1-9H3/t25-,40-/m1/s1. The quantitative estimate of drug-likeness (QED) is 0.152. The molecular weight excluding hydrogens is 549 g/mol. The van der Waals surface area contributed by atoms with Crippen molar-refractivity contribution in [3.63, 3.8) is 0 Å². The smallest absolute Gasteiger partial charge is 0.192 e. The molecule has 0 fully saturated rings. The SMILES string of the molecule is CCC[C@@H](N[S@+]([O-])C(C)(C)C)c1cncc(-c2ccc3cnn(-c4cccc(CO[Si](C)(C)C(C)(C)C)n4)c3c2)n1. The maximum atomic E-state index is 12.9. The van der Waals surface area contributed by atoms with Gasteiger partial charge in [-0.2, -0.15) is 5.10 Å². The molecule has 0 bridgehead atoms. The maximum Gasteiger partial charge on any atom is 0.192 e. The van der Waals surface area contributed by atoms with Gasteiger partial charge in [-0.05, 0) is 63.5 Å². The molecule has 0 saturated heterocycles. The molecule has 0 radical (unpaired) electrons. The fraction of sp³-hybridized carbons (Fsp3) is 0.484. The highest BCUT2D eigenvalue weighted by Gasteiger charge is 2.37. The van der Waals surface area contributed by atoms with Crippen LogP contribution in [0.25, 0.3) is 28.0 Å². The van der Waals surface area contributed by atoms with Gasteiger partial charge in [0.25, 0.3) is 0 Å². The van der Waals surface area contributed by atoms with Crippen molar-refractivity contribution in [2.75, 3.05) is 0 Å². The molecule has 0 spiro atoms. The van der Waals surface area contributed by atoms with Crippen LogP contribution in [0.4, 0.5) is 0 Å². The minimum absolute atomic E-state index is 0.135. The Bertz CT molecular complexity index is 1480. The molecule has 0 saturated carbocycles. The van der Waals surface area contributed by atoms with Gasteiger partial charge in [-0.3, -0.25) is 4.98 Å². The molecule has 0 aliphatic heterocycles. The van der Waals surface area contributed by atoms with Gasteiger partial charge in [-0.25, -0.2) is 14.6 Å². The highest BCUT2D eigenvalue weighted by molar-refractivity contribution is 7.90. The fourth-order valence-electron chi connectivity index (χ4n) is 4.05. The van der Waals surface area contributed by atoms with E-state index in [1.165, 1.54) is 0 Å². The first-order valence-corrected chi connectivity index (χ1v) is 18.3. The number of pyridine rings is 1. The van der Waals surface area contributed by atoms with Crippen molar-refractivity contribution in [3.8, 4) is 17.1 Å². The largest absolute Gasteiger partial charge is 0.598 e. The molecule has 0 aliphatic rings. The van der Waals surface area contributed by atoms with Gasteiger partial charge in [0.05, 0.1) is 53.8 Å². The minimum atomic E-state index is -1.89. The number of hydrogen-bond donors (Lipinski definition) is 1. The second-order valence-corrected chi connectivity index (χ2v) is 19.8. The van der Waals surface area contributed by atoms with E-state index in [4.69, 9.17) is 14.4 Å². The van der Waals surface area contributed by atoms with Crippen LogP contribution in [-0.4, -0.2) is 42.3 Å². The van der Waals surface area contributed by atoms with Crippen LogP contribution in [-0.2, 0) is 22.4 Å². The molecule has 41 heavy (non-hydrogen) atoms. The van der Waals surface area contributed by atoms with Gasteiger partial charge < -0.3 is 8.98 Å². The summed E-state index contributed by atoms with van der Waals surface area (Å²) < 4.78 is 24.0. The van der Waals surface area contributed by atoms with Crippen molar-refractivity contribution in [3.05, 3.63) is 66.4 Å². The van der Waals surface area contributed by atoms with E-state index in [2.05, 4.69) is 61.7 Å². The van der Waals surface area contributed by atoms with Gasteiger partial charge in [0, 0.05) is 22.3 Å². The van der Waals surface area contributed by atoms with Crippen LogP contribution < -0.4 is 4.72 Å². The number of rotatable bonds is 10. The molecule has 8 nitrogen and oxygen atoms in total. The van der Waals surface area contributed by atoms with Crippen LogP contribution in [0.3, 0.4) is 0 Å². The van der Waals surface area contributed by atoms with Gasteiger partial charge in [-0.15, -0.1) is 4.72 Å². The van der Waals surface area contributed by atoms with Crippen molar-refractivity contribution < 1.29 is 8.98 Å². The summed E-state index contributed by atoms with van der Waals surface area (Å²) in [4.78, 5) is 14.3. The van der Waals surface area contributed by atoms with Crippen LogP contribution in [0.2, 0.25) is 18.1 Å². The summed E-state index contributed by atoms with van der Waals surface area (Å²) in [7, 11) is -1.89. The monoisotopic (exact) mass is 592 g/mol. The van der Waals surface area contributed by atoms with Crippen molar-refractivity contribution in [1.29, 1.82) is 0 Å². The van der Waals surface area contributed by atoms with E-state index in [1.807, 2.05) is 62.0 Å². The summed E-state index contributed by atoms with van der Waals surface area (Å²) in [5, 5.41) is 5.80. The number of benzene rings is 1. The zero-order valence-corrected chi connectivity index (χ0v) is 27.7. The Labute approximate surface area is 248 Å². The van der Waals surface area contributed by atoms with Crippen LogP contribution in [0, 0.1) is 0 Å². The lowest BCUT2D eigenvalue weighted by Gasteiger charge is -2.36. The first-order valence-electron chi connectivity index (χ1n) is 14.3. The van der Waals surface area contributed by atoms with E-state index in [1.54, 1.807) is 12.4 Å². The lowest BCUT2D eigenvalue weighted by molar-refractivity contribution is 0.272. The predicted octanol–water partition coefficient (Wildman–Crippen LogP) is 7.29. The van der Waals surface area contributed by atoms with Gasteiger partial charge in [-0.1, -0.05) is 52.3 Å². The van der Waals surface area contributed by atoms with E-state index < -0.39 is 19.7 Å². The summed E-state index contributed by atoms with van der Waals surface area (Å²) in [6.45, 7) is 19.7. The Morgan fingerprint density at radius 3 is 2.46 bits per heavy atom. The topological polar surface area (TPSA) is 101 Å². The Morgan fingerprint density at radius 1 is 1.02 bits per heavy atom. The highest BCUT2D eigenvalue weighted by Crippen LogP contribution is 2.37. The van der Waals surface area contributed by atoms with Crippen LogP contribution >= 0.6 is 0 Å². The molecule has 220 valence electrons. The van der Waals surface area contributed by atoms with E-state index in [-0.39, 0.29) is 15.8 Å². The van der Waals surface area contributed by atoms with E-state index in [0.717, 1.165) is 52.2 Å². The summed E-state index contributed by atoms with van der Waals surface area (Å²) in [5.74, 6) is 0.741. The van der Waals surface area contributed by atoms with Crippen LogP contribution in [0.5, 0.6) is 0 Å². The summed E-state index contributed by atoms with van der Waals surface area (Å²) in [6, 6.07) is 12.0. The molecule has 0 amide bonds. The van der Waals surface area contributed by atoms with Crippen molar-refractivity contribution >= 4 is 30.6 Å². The fourth-order valence-corrected chi connectivity index (χ4v) is 5.84.